The number of unbranched alkanes of at least 4 members (excludes halogenated alkanes) is 2. The molecule has 2 aromatic rings. The first-order valence-corrected chi connectivity index (χ1v) is 8.47. The van der Waals surface area contributed by atoms with Crippen molar-refractivity contribution in [2.45, 2.75) is 31.0 Å². The van der Waals surface area contributed by atoms with Crippen molar-refractivity contribution in [2.24, 2.45) is 0 Å². The van der Waals surface area contributed by atoms with Crippen molar-refractivity contribution in [3.05, 3.63) is 36.9 Å². The Labute approximate surface area is 141 Å². The number of aromatic nitrogens is 3. The lowest BCUT2D eigenvalue weighted by Gasteiger charge is -2.10. The van der Waals surface area contributed by atoms with Gasteiger partial charge in [0, 0.05) is 18.7 Å². The number of hydrogen-bond donors (Lipinski definition) is 0. The molecule has 1 aromatic carbocycles. The van der Waals surface area contributed by atoms with Crippen LogP contribution in [0.5, 0.6) is 5.75 Å². The van der Waals surface area contributed by atoms with E-state index < -0.39 is 0 Å². The van der Waals surface area contributed by atoms with Gasteiger partial charge in [-0.25, -0.2) is 0 Å². The minimum absolute atomic E-state index is 0.604. The van der Waals surface area contributed by atoms with E-state index in [-0.39, 0.29) is 0 Å². The van der Waals surface area contributed by atoms with Crippen molar-refractivity contribution in [2.75, 3.05) is 12.9 Å². The Morgan fingerprint density at radius 2 is 2.17 bits per heavy atom. The van der Waals surface area contributed by atoms with E-state index in [1.54, 1.807) is 18.9 Å². The minimum Gasteiger partial charge on any atom is -0.496 e. The third kappa shape index (κ3) is 4.36. The Morgan fingerprint density at radius 3 is 2.91 bits per heavy atom. The summed E-state index contributed by atoms with van der Waals surface area (Å²) < 4.78 is 7.46. The number of ether oxygens (including phenoxy) is 1. The molecule has 0 atom stereocenters. The fourth-order valence-corrected chi connectivity index (χ4v) is 3.13. The van der Waals surface area contributed by atoms with Gasteiger partial charge in [-0.15, -0.1) is 16.8 Å². The van der Waals surface area contributed by atoms with E-state index in [0.29, 0.717) is 13.0 Å². The smallest absolute Gasteiger partial charge is 0.191 e. The number of nitrogens with zero attached hydrogens (tertiary/aromatic N) is 4. The number of methoxy groups -OCH3 is 1. The van der Waals surface area contributed by atoms with Crippen molar-refractivity contribution in [1.29, 1.82) is 5.26 Å². The molecule has 5 nitrogen and oxygen atoms in total. The molecule has 0 saturated heterocycles. The monoisotopic (exact) mass is 328 g/mol. The highest BCUT2D eigenvalue weighted by molar-refractivity contribution is 7.99. The number of para-hydroxylation sites is 1. The highest BCUT2D eigenvalue weighted by Gasteiger charge is 2.16. The Balaban J connectivity index is 2.21. The molecule has 0 aliphatic carbocycles. The highest BCUT2D eigenvalue weighted by atomic mass is 32.2. The molecule has 1 heterocycles. The van der Waals surface area contributed by atoms with E-state index in [1.165, 1.54) is 0 Å². The van der Waals surface area contributed by atoms with Gasteiger partial charge in [-0.05, 0) is 25.0 Å². The molecule has 6 heteroatoms. The molecule has 0 aliphatic heterocycles. The summed E-state index contributed by atoms with van der Waals surface area (Å²) in [5.41, 5.74) is 0.917. The zero-order valence-electron chi connectivity index (χ0n) is 13.2. The van der Waals surface area contributed by atoms with E-state index in [2.05, 4.69) is 22.8 Å². The van der Waals surface area contributed by atoms with Crippen LogP contribution in [0.4, 0.5) is 0 Å². The summed E-state index contributed by atoms with van der Waals surface area (Å²) in [4.78, 5) is 0. The van der Waals surface area contributed by atoms with E-state index in [1.807, 2.05) is 34.9 Å². The lowest BCUT2D eigenvalue weighted by molar-refractivity contribution is 0.416. The number of nitriles is 1. The van der Waals surface area contributed by atoms with Crippen LogP contribution >= 0.6 is 11.8 Å². The summed E-state index contributed by atoms with van der Waals surface area (Å²) in [6.45, 7) is 4.46. The lowest BCUT2D eigenvalue weighted by atomic mass is 10.2. The fraction of sp³-hybridized carbons (Fsp3) is 0.353. The topological polar surface area (TPSA) is 63.7 Å². The van der Waals surface area contributed by atoms with Crippen molar-refractivity contribution in [1.82, 2.24) is 14.8 Å². The Kier molecular flexibility index (Phi) is 6.70. The van der Waals surface area contributed by atoms with Gasteiger partial charge < -0.3 is 4.74 Å². The van der Waals surface area contributed by atoms with Crippen LogP contribution < -0.4 is 4.74 Å². The molecule has 0 unspecified atom stereocenters. The van der Waals surface area contributed by atoms with Gasteiger partial charge in [0.2, 0.25) is 0 Å². The summed E-state index contributed by atoms with van der Waals surface area (Å²) >= 11 is 1.66. The number of benzene rings is 1. The number of hydrogen-bond acceptors (Lipinski definition) is 5. The van der Waals surface area contributed by atoms with Gasteiger partial charge in [0.15, 0.2) is 11.0 Å². The predicted molar refractivity (Wildman–Crippen MR) is 92.4 cm³/mol. The Hall–Kier alpha value is -2.26. The Morgan fingerprint density at radius 1 is 1.35 bits per heavy atom. The summed E-state index contributed by atoms with van der Waals surface area (Å²) in [5, 5.41) is 18.1. The molecule has 23 heavy (non-hydrogen) atoms. The maximum absolute atomic E-state index is 8.57. The third-order valence-electron chi connectivity index (χ3n) is 3.29. The molecular formula is C17H20N4OS. The average Bonchev–Trinajstić information content (AvgIpc) is 2.97. The summed E-state index contributed by atoms with van der Waals surface area (Å²) in [6, 6.07) is 9.95. The van der Waals surface area contributed by atoms with Crippen molar-refractivity contribution < 1.29 is 4.74 Å². The SMILES string of the molecule is C=CCn1c(SCCCCC#N)nnc1-c1ccccc1OC. The van der Waals surface area contributed by atoms with Crippen LogP contribution in [0.25, 0.3) is 11.4 Å². The molecule has 1 aromatic heterocycles. The van der Waals surface area contributed by atoms with Gasteiger partial charge in [-0.1, -0.05) is 30.0 Å². The number of rotatable bonds is 9. The quantitative estimate of drug-likeness (QED) is 0.396. The first kappa shape index (κ1) is 17.1. The Bertz CT molecular complexity index is 690. The van der Waals surface area contributed by atoms with Crippen LogP contribution in [0.3, 0.4) is 0 Å². The summed E-state index contributed by atoms with van der Waals surface area (Å²) in [6.07, 6.45) is 4.34. The van der Waals surface area contributed by atoms with Gasteiger partial charge in [0.1, 0.15) is 5.75 Å². The van der Waals surface area contributed by atoms with E-state index in [9.17, 15) is 0 Å². The van der Waals surface area contributed by atoms with Crippen LogP contribution in [0.15, 0.2) is 42.1 Å². The summed E-state index contributed by atoms with van der Waals surface area (Å²) in [7, 11) is 1.65. The van der Waals surface area contributed by atoms with Crippen LogP contribution in [-0.2, 0) is 6.54 Å². The second-order valence-electron chi connectivity index (χ2n) is 4.87. The minimum atomic E-state index is 0.604. The van der Waals surface area contributed by atoms with Crippen LogP contribution in [0, 0.1) is 11.3 Å². The van der Waals surface area contributed by atoms with Crippen LogP contribution in [-0.4, -0.2) is 27.6 Å². The molecular weight excluding hydrogens is 308 g/mol. The van der Waals surface area contributed by atoms with Crippen molar-refractivity contribution in [3.63, 3.8) is 0 Å². The van der Waals surface area contributed by atoms with Gasteiger partial charge in [-0.2, -0.15) is 5.26 Å². The van der Waals surface area contributed by atoms with Crippen molar-refractivity contribution in [3.8, 4) is 23.2 Å². The maximum Gasteiger partial charge on any atom is 0.191 e. The number of allylic oxidation sites excluding steroid dienone is 1. The largest absolute Gasteiger partial charge is 0.496 e. The van der Waals surface area contributed by atoms with Gasteiger partial charge in [-0.3, -0.25) is 4.57 Å². The molecule has 0 fully saturated rings. The standard InChI is InChI=1S/C17H20N4OS/c1-3-12-21-16(14-9-5-6-10-15(14)22-2)19-20-17(21)23-13-8-4-7-11-18/h3,5-6,9-10H,1,4,7-8,12-13H2,2H3. The van der Waals surface area contributed by atoms with Crippen LogP contribution in [0.2, 0.25) is 0 Å². The van der Waals surface area contributed by atoms with Crippen molar-refractivity contribution >= 4 is 11.8 Å². The van der Waals surface area contributed by atoms with Gasteiger partial charge in [0.25, 0.3) is 0 Å². The first-order chi connectivity index (χ1) is 11.3. The molecule has 0 N–H and O–H groups in total. The second-order valence-corrected chi connectivity index (χ2v) is 5.93. The molecule has 0 amide bonds. The normalized spacial score (nSPS) is 10.3. The zero-order chi connectivity index (χ0) is 16.5. The van der Waals surface area contributed by atoms with Gasteiger partial charge >= 0.3 is 0 Å². The maximum atomic E-state index is 8.57. The molecule has 0 bridgehead atoms. The van der Waals surface area contributed by atoms with E-state index >= 15 is 0 Å². The average molecular weight is 328 g/mol. The van der Waals surface area contributed by atoms with E-state index in [0.717, 1.165) is 40.9 Å². The molecule has 0 spiro atoms. The van der Waals surface area contributed by atoms with Gasteiger partial charge in [0.05, 0.1) is 18.7 Å². The fourth-order valence-electron chi connectivity index (χ4n) is 2.19. The molecule has 2 rings (SSSR count). The second kappa shape index (κ2) is 9.01. The zero-order valence-corrected chi connectivity index (χ0v) is 14.1. The van der Waals surface area contributed by atoms with E-state index in [4.69, 9.17) is 10.00 Å². The predicted octanol–water partition coefficient (Wildman–Crippen LogP) is 3.93. The molecule has 0 saturated carbocycles. The molecule has 0 radical (unpaired) electrons. The lowest BCUT2D eigenvalue weighted by Crippen LogP contribution is -2.02. The third-order valence-corrected chi connectivity index (χ3v) is 4.34. The first-order valence-electron chi connectivity index (χ1n) is 7.49. The highest BCUT2D eigenvalue weighted by Crippen LogP contribution is 2.31. The summed E-state index contributed by atoms with van der Waals surface area (Å²) in [5.74, 6) is 2.47. The molecule has 120 valence electrons. The van der Waals surface area contributed by atoms with Crippen LogP contribution in [0.1, 0.15) is 19.3 Å². The number of thioether (sulfide) groups is 1. The molecule has 0 aliphatic rings.